The van der Waals surface area contributed by atoms with Gasteiger partial charge < -0.3 is 15.4 Å². The van der Waals surface area contributed by atoms with Crippen molar-refractivity contribution in [1.82, 2.24) is 20.3 Å². The van der Waals surface area contributed by atoms with Gasteiger partial charge in [-0.2, -0.15) is 0 Å². The second-order valence-electron chi connectivity index (χ2n) is 6.68. The van der Waals surface area contributed by atoms with Crippen LogP contribution in [0, 0.1) is 0 Å². The average Bonchev–Trinajstić information content (AvgIpc) is 3.12. The number of amides is 1. The summed E-state index contributed by atoms with van der Waals surface area (Å²) in [5.74, 6) is 0.271. The van der Waals surface area contributed by atoms with Gasteiger partial charge in [0.25, 0.3) is 5.91 Å². The largest absolute Gasteiger partial charge is 0.381 e. The molecule has 1 atom stereocenters. The van der Waals surface area contributed by atoms with Crippen molar-refractivity contribution in [3.8, 4) is 0 Å². The molecule has 8 heteroatoms. The molecule has 0 radical (unpaired) electrons. The molecule has 140 valence electrons. The summed E-state index contributed by atoms with van der Waals surface area (Å²) in [6.45, 7) is 2.01. The molecule has 0 aromatic carbocycles. The molecule has 0 aliphatic heterocycles. The third-order valence-electron chi connectivity index (χ3n) is 4.81. The van der Waals surface area contributed by atoms with E-state index in [1.165, 1.54) is 11.3 Å². The van der Waals surface area contributed by atoms with E-state index in [4.69, 9.17) is 4.74 Å². The normalized spacial score (nSPS) is 20.1. The van der Waals surface area contributed by atoms with Crippen molar-refractivity contribution in [2.24, 2.45) is 0 Å². The lowest BCUT2D eigenvalue weighted by atomic mass is 9.89. The summed E-state index contributed by atoms with van der Waals surface area (Å²) >= 11 is 1.48. The molecule has 1 amide bonds. The minimum atomic E-state index is -0.165. The van der Waals surface area contributed by atoms with E-state index >= 15 is 0 Å². The molecule has 1 aliphatic rings. The Morgan fingerprint density at radius 1 is 1.33 bits per heavy atom. The maximum absolute atomic E-state index is 12.8. The summed E-state index contributed by atoms with van der Waals surface area (Å²) in [7, 11) is 1.70. The first-order chi connectivity index (χ1) is 13.1. The molecule has 3 aromatic heterocycles. The van der Waals surface area contributed by atoms with Crippen LogP contribution in [0.5, 0.6) is 0 Å². The standard InChI is InChI=1S/C19H21N5O2S/c1-11(12-4-3-6-20-10-12)21-19-23-15-5-7-27-17(15)16(24-19)18(25)22-13-8-14(9-13)26-2/h3-7,10-11,13-14H,8-9H2,1-2H3,(H,22,25)(H,21,23,24). The number of ether oxygens (including phenoxy) is 1. The van der Waals surface area contributed by atoms with Gasteiger partial charge in [-0.3, -0.25) is 9.78 Å². The second-order valence-corrected chi connectivity index (χ2v) is 7.60. The molecule has 0 spiro atoms. The zero-order valence-electron chi connectivity index (χ0n) is 15.2. The van der Waals surface area contributed by atoms with E-state index in [-0.39, 0.29) is 24.1 Å². The summed E-state index contributed by atoms with van der Waals surface area (Å²) in [4.78, 5) is 26.0. The number of carbonyl (C=O) groups excluding carboxylic acids is 1. The Hall–Kier alpha value is -2.58. The predicted molar refractivity (Wildman–Crippen MR) is 105 cm³/mol. The summed E-state index contributed by atoms with van der Waals surface area (Å²) in [6.07, 6.45) is 5.45. The number of carbonyl (C=O) groups is 1. The molecule has 1 aliphatic carbocycles. The fourth-order valence-electron chi connectivity index (χ4n) is 3.12. The Morgan fingerprint density at radius 3 is 2.93 bits per heavy atom. The summed E-state index contributed by atoms with van der Waals surface area (Å²) in [5, 5.41) is 8.25. The number of nitrogens with one attached hydrogen (secondary N) is 2. The van der Waals surface area contributed by atoms with Crippen LogP contribution < -0.4 is 10.6 Å². The quantitative estimate of drug-likeness (QED) is 0.680. The monoisotopic (exact) mass is 383 g/mol. The SMILES string of the molecule is COC1CC(NC(=O)c2nc(NC(C)c3cccnc3)nc3ccsc23)C1. The van der Waals surface area contributed by atoms with Gasteiger partial charge in [0.1, 0.15) is 0 Å². The Bertz CT molecular complexity index is 940. The lowest BCUT2D eigenvalue weighted by Crippen LogP contribution is -2.47. The van der Waals surface area contributed by atoms with Crippen molar-refractivity contribution in [2.45, 2.75) is 38.0 Å². The zero-order chi connectivity index (χ0) is 18.8. The van der Waals surface area contributed by atoms with Crippen LogP contribution in [0.25, 0.3) is 10.2 Å². The Balaban J connectivity index is 1.55. The highest BCUT2D eigenvalue weighted by Gasteiger charge is 2.31. The maximum Gasteiger partial charge on any atom is 0.271 e. The molecule has 0 bridgehead atoms. The third kappa shape index (κ3) is 3.77. The van der Waals surface area contributed by atoms with Gasteiger partial charge in [0, 0.05) is 25.5 Å². The molecule has 0 saturated heterocycles. The van der Waals surface area contributed by atoms with Crippen LogP contribution in [0.15, 0.2) is 36.0 Å². The Labute approximate surface area is 161 Å². The maximum atomic E-state index is 12.8. The van der Waals surface area contributed by atoms with Crippen LogP contribution in [0.2, 0.25) is 0 Å². The molecular weight excluding hydrogens is 362 g/mol. The molecule has 3 heterocycles. The lowest BCUT2D eigenvalue weighted by molar-refractivity contribution is 0.0175. The van der Waals surface area contributed by atoms with E-state index in [0.717, 1.165) is 28.6 Å². The van der Waals surface area contributed by atoms with Crippen molar-refractivity contribution in [2.75, 3.05) is 12.4 Å². The molecule has 1 fully saturated rings. The highest BCUT2D eigenvalue weighted by atomic mass is 32.1. The first-order valence-electron chi connectivity index (χ1n) is 8.89. The first kappa shape index (κ1) is 17.8. The average molecular weight is 383 g/mol. The van der Waals surface area contributed by atoms with Crippen LogP contribution in [0.1, 0.15) is 41.9 Å². The van der Waals surface area contributed by atoms with Crippen molar-refractivity contribution in [1.29, 1.82) is 0 Å². The topological polar surface area (TPSA) is 89.0 Å². The van der Waals surface area contributed by atoms with Crippen LogP contribution in [0.4, 0.5) is 5.95 Å². The van der Waals surface area contributed by atoms with E-state index in [1.807, 2.05) is 30.5 Å². The second kappa shape index (κ2) is 7.58. The molecule has 1 unspecified atom stereocenters. The Morgan fingerprint density at radius 2 is 2.19 bits per heavy atom. The van der Waals surface area contributed by atoms with E-state index < -0.39 is 0 Å². The van der Waals surface area contributed by atoms with Crippen molar-refractivity contribution < 1.29 is 9.53 Å². The van der Waals surface area contributed by atoms with Crippen LogP contribution in [-0.4, -0.2) is 40.1 Å². The van der Waals surface area contributed by atoms with Crippen molar-refractivity contribution in [3.63, 3.8) is 0 Å². The summed E-state index contributed by atoms with van der Waals surface area (Å²) < 4.78 is 6.08. The number of methoxy groups -OCH3 is 1. The first-order valence-corrected chi connectivity index (χ1v) is 9.77. The third-order valence-corrected chi connectivity index (χ3v) is 5.72. The van der Waals surface area contributed by atoms with Crippen molar-refractivity contribution in [3.05, 3.63) is 47.2 Å². The lowest BCUT2D eigenvalue weighted by Gasteiger charge is -2.34. The van der Waals surface area contributed by atoms with Gasteiger partial charge in [-0.25, -0.2) is 9.97 Å². The number of aromatic nitrogens is 3. The number of nitrogens with zero attached hydrogens (tertiary/aromatic N) is 3. The van der Waals surface area contributed by atoms with Gasteiger partial charge in [0.15, 0.2) is 5.69 Å². The minimum Gasteiger partial charge on any atom is -0.381 e. The molecule has 27 heavy (non-hydrogen) atoms. The van der Waals surface area contributed by atoms with Crippen LogP contribution >= 0.6 is 11.3 Å². The number of pyridine rings is 1. The fourth-order valence-corrected chi connectivity index (χ4v) is 3.94. The summed E-state index contributed by atoms with van der Waals surface area (Å²) in [6, 6.07) is 5.90. The van der Waals surface area contributed by atoms with E-state index in [2.05, 4.69) is 25.6 Å². The fraction of sp³-hybridized carbons (Fsp3) is 0.368. The zero-order valence-corrected chi connectivity index (χ0v) is 16.0. The molecule has 4 rings (SSSR count). The number of hydrogen-bond acceptors (Lipinski definition) is 7. The number of rotatable bonds is 6. The molecule has 1 saturated carbocycles. The molecular formula is C19H21N5O2S. The highest BCUT2D eigenvalue weighted by molar-refractivity contribution is 7.17. The van der Waals surface area contributed by atoms with Gasteiger partial charge in [-0.1, -0.05) is 6.07 Å². The van der Waals surface area contributed by atoms with Crippen LogP contribution in [-0.2, 0) is 4.74 Å². The van der Waals surface area contributed by atoms with Crippen LogP contribution in [0.3, 0.4) is 0 Å². The number of hydrogen-bond donors (Lipinski definition) is 2. The predicted octanol–water partition coefficient (Wildman–Crippen LogP) is 3.17. The van der Waals surface area contributed by atoms with Gasteiger partial charge >= 0.3 is 0 Å². The molecule has 7 nitrogen and oxygen atoms in total. The van der Waals surface area contributed by atoms with Gasteiger partial charge in [-0.15, -0.1) is 11.3 Å². The minimum absolute atomic E-state index is 0.0280. The molecule has 2 N–H and O–H groups in total. The number of thiophene rings is 1. The van der Waals surface area contributed by atoms with Crippen molar-refractivity contribution >= 4 is 33.4 Å². The van der Waals surface area contributed by atoms with E-state index in [9.17, 15) is 4.79 Å². The number of fused-ring (bicyclic) bond motifs is 1. The van der Waals surface area contributed by atoms with E-state index in [0.29, 0.717) is 11.6 Å². The summed E-state index contributed by atoms with van der Waals surface area (Å²) in [5.41, 5.74) is 2.21. The highest BCUT2D eigenvalue weighted by Crippen LogP contribution is 2.27. The Kier molecular flexibility index (Phi) is 5.00. The smallest absolute Gasteiger partial charge is 0.271 e. The van der Waals surface area contributed by atoms with Gasteiger partial charge in [0.05, 0.1) is 22.4 Å². The van der Waals surface area contributed by atoms with Gasteiger partial charge in [-0.05, 0) is 42.8 Å². The molecule has 3 aromatic rings. The van der Waals surface area contributed by atoms with E-state index in [1.54, 1.807) is 19.5 Å². The van der Waals surface area contributed by atoms with Gasteiger partial charge in [0.2, 0.25) is 5.95 Å². The number of anilines is 1.